The van der Waals surface area contributed by atoms with Crippen LogP contribution >= 0.6 is 0 Å². The van der Waals surface area contributed by atoms with Gasteiger partial charge in [0.15, 0.2) is 0 Å². The monoisotopic (exact) mass is 639 g/mol. The molecule has 0 aliphatic heterocycles. The predicted octanol–water partition coefficient (Wildman–Crippen LogP) is 7.98. The third-order valence-electron chi connectivity index (χ3n) is 7.90. The average Bonchev–Trinajstić information content (AvgIpc) is 3.03. The second-order valence-corrected chi connectivity index (χ2v) is 14.4. The molecule has 46 heavy (non-hydrogen) atoms. The van der Waals surface area contributed by atoms with Crippen LogP contribution in [0.4, 0.5) is 4.79 Å². The fourth-order valence-corrected chi connectivity index (χ4v) is 6.43. The number of carbonyl (C=O) groups excluding carboxylic acids is 2. The maximum absolute atomic E-state index is 13.4. The van der Waals surface area contributed by atoms with E-state index in [0.29, 0.717) is 30.8 Å². The topological polar surface area (TPSA) is 95.6 Å². The van der Waals surface area contributed by atoms with Crippen LogP contribution in [-0.2, 0) is 28.5 Å². The molecule has 2 N–H and O–H groups in total. The number of aryl methyl sites for hydroxylation is 1. The maximum atomic E-state index is 13.4. The Hall–Kier alpha value is -4.43. The summed E-state index contributed by atoms with van der Waals surface area (Å²) < 4.78 is 29.1. The lowest BCUT2D eigenvalue weighted by Gasteiger charge is -2.23. The highest BCUT2D eigenvalue weighted by atomic mass is 32.2. The Balaban J connectivity index is 1.48. The molecule has 3 amide bonds. The van der Waals surface area contributed by atoms with E-state index in [2.05, 4.69) is 43.8 Å². The van der Waals surface area contributed by atoms with Crippen molar-refractivity contribution in [1.29, 1.82) is 0 Å². The van der Waals surface area contributed by atoms with Crippen LogP contribution in [0.3, 0.4) is 0 Å². The van der Waals surface area contributed by atoms with E-state index < -0.39 is 15.9 Å². The van der Waals surface area contributed by atoms with Crippen LogP contribution in [0.15, 0.2) is 102 Å². The predicted molar refractivity (Wildman–Crippen MR) is 185 cm³/mol. The van der Waals surface area contributed by atoms with E-state index in [4.69, 9.17) is 0 Å². The highest BCUT2D eigenvalue weighted by molar-refractivity contribution is 7.90. The summed E-state index contributed by atoms with van der Waals surface area (Å²) in [6, 6.07) is 29.1. The zero-order valence-electron chi connectivity index (χ0n) is 27.5. The zero-order valence-corrected chi connectivity index (χ0v) is 28.3. The Kier molecular flexibility index (Phi) is 11.4. The van der Waals surface area contributed by atoms with Crippen molar-refractivity contribution in [2.45, 2.75) is 77.3 Å². The standard InChI is InChI=1S/C38H45N3O4S/c1-6-7-10-24-41(37(43)39-26-30-13-11-12-28(2)25-30)27-29-16-18-31(19-17-29)34-14-8-9-15-35(34)46(44,45)40-36(42)32-20-22-33(23-21-32)38(3,4)5/h8-9,11-23,25H,6-7,10,24,26-27H2,1-5H3,(H,39,43)(H,40,42). The van der Waals surface area contributed by atoms with E-state index in [-0.39, 0.29) is 21.9 Å². The molecule has 0 saturated heterocycles. The van der Waals surface area contributed by atoms with Crippen molar-refractivity contribution in [2.24, 2.45) is 0 Å². The molecule has 4 aromatic carbocycles. The van der Waals surface area contributed by atoms with E-state index in [1.807, 2.05) is 66.4 Å². The number of unbranched alkanes of at least 4 members (excludes halogenated alkanes) is 2. The van der Waals surface area contributed by atoms with E-state index in [0.717, 1.165) is 41.5 Å². The van der Waals surface area contributed by atoms with E-state index >= 15 is 0 Å². The summed E-state index contributed by atoms with van der Waals surface area (Å²) in [5.41, 5.74) is 5.53. The number of nitrogens with one attached hydrogen (secondary N) is 2. The molecule has 4 aromatic rings. The van der Waals surface area contributed by atoms with Crippen molar-refractivity contribution in [2.75, 3.05) is 6.54 Å². The number of nitrogens with zero attached hydrogens (tertiary/aromatic N) is 1. The first-order chi connectivity index (χ1) is 21.9. The molecule has 0 atom stereocenters. The highest BCUT2D eigenvalue weighted by Gasteiger charge is 2.23. The maximum Gasteiger partial charge on any atom is 0.317 e. The van der Waals surface area contributed by atoms with Gasteiger partial charge in [0.1, 0.15) is 0 Å². The van der Waals surface area contributed by atoms with E-state index in [9.17, 15) is 18.0 Å². The number of amides is 3. The van der Waals surface area contributed by atoms with Crippen LogP contribution in [0, 0.1) is 6.92 Å². The Labute approximate surface area is 274 Å². The smallest absolute Gasteiger partial charge is 0.317 e. The Morgan fingerprint density at radius 2 is 1.50 bits per heavy atom. The molecular formula is C38H45N3O4S. The van der Waals surface area contributed by atoms with E-state index in [1.54, 1.807) is 30.3 Å². The number of urea groups is 1. The number of rotatable bonds is 12. The lowest BCUT2D eigenvalue weighted by Crippen LogP contribution is -2.39. The fraction of sp³-hybridized carbons (Fsp3) is 0.316. The molecule has 0 aromatic heterocycles. The summed E-state index contributed by atoms with van der Waals surface area (Å²) in [6.45, 7) is 11.9. The molecule has 242 valence electrons. The van der Waals surface area contributed by atoms with Gasteiger partial charge in [-0.05, 0) is 59.2 Å². The molecular weight excluding hydrogens is 595 g/mol. The minimum Gasteiger partial charge on any atom is -0.334 e. The lowest BCUT2D eigenvalue weighted by molar-refractivity contribution is 0.0981. The third kappa shape index (κ3) is 9.30. The normalized spacial score (nSPS) is 11.6. The number of benzene rings is 4. The number of hydrogen-bond acceptors (Lipinski definition) is 4. The first-order valence-electron chi connectivity index (χ1n) is 15.8. The third-order valence-corrected chi connectivity index (χ3v) is 9.29. The SMILES string of the molecule is CCCCCN(Cc1ccc(-c2ccccc2S(=O)(=O)NC(=O)c2ccc(C(C)(C)C)cc2)cc1)C(=O)NCc1cccc(C)c1. The molecule has 0 aliphatic carbocycles. The highest BCUT2D eigenvalue weighted by Crippen LogP contribution is 2.28. The van der Waals surface area contributed by atoms with Crippen LogP contribution in [0.25, 0.3) is 11.1 Å². The zero-order chi connectivity index (χ0) is 33.3. The van der Waals surface area contributed by atoms with Crippen LogP contribution in [-0.4, -0.2) is 31.8 Å². The van der Waals surface area contributed by atoms with Crippen molar-refractivity contribution in [3.05, 3.63) is 125 Å². The van der Waals surface area contributed by atoms with Crippen molar-refractivity contribution in [1.82, 2.24) is 14.9 Å². The van der Waals surface area contributed by atoms with Gasteiger partial charge in [0.05, 0.1) is 4.90 Å². The number of sulfonamides is 1. The molecule has 4 rings (SSSR count). The summed E-state index contributed by atoms with van der Waals surface area (Å²) in [5, 5.41) is 3.06. The van der Waals surface area contributed by atoms with Gasteiger partial charge in [-0.1, -0.05) is 125 Å². The second-order valence-electron chi connectivity index (χ2n) is 12.7. The largest absolute Gasteiger partial charge is 0.334 e. The molecule has 0 radical (unpaired) electrons. The summed E-state index contributed by atoms with van der Waals surface area (Å²) in [6.07, 6.45) is 2.99. The summed E-state index contributed by atoms with van der Waals surface area (Å²) in [7, 11) is -4.17. The fourth-order valence-electron chi connectivity index (χ4n) is 5.22. The molecule has 0 fully saturated rings. The quantitative estimate of drug-likeness (QED) is 0.154. The van der Waals surface area contributed by atoms with Gasteiger partial charge in [0.2, 0.25) is 0 Å². The van der Waals surface area contributed by atoms with Crippen LogP contribution in [0.5, 0.6) is 0 Å². The minimum atomic E-state index is -4.17. The van der Waals surface area contributed by atoms with Gasteiger partial charge in [-0.15, -0.1) is 0 Å². The molecule has 0 heterocycles. The summed E-state index contributed by atoms with van der Waals surface area (Å²) >= 11 is 0. The molecule has 0 bridgehead atoms. The Bertz CT molecular complexity index is 1740. The van der Waals surface area contributed by atoms with Gasteiger partial charge in [-0.2, -0.15) is 0 Å². The molecule has 0 saturated carbocycles. The second kappa shape index (κ2) is 15.2. The van der Waals surface area contributed by atoms with Gasteiger partial charge in [-0.3, -0.25) is 4.79 Å². The first kappa shape index (κ1) is 34.4. The molecule has 0 unspecified atom stereocenters. The lowest BCUT2D eigenvalue weighted by atomic mass is 9.87. The van der Waals surface area contributed by atoms with Crippen molar-refractivity contribution in [3.8, 4) is 11.1 Å². The summed E-state index contributed by atoms with van der Waals surface area (Å²) in [5.74, 6) is -0.686. The van der Waals surface area contributed by atoms with Gasteiger partial charge in [0.25, 0.3) is 15.9 Å². The summed E-state index contributed by atoms with van der Waals surface area (Å²) in [4.78, 5) is 28.0. The van der Waals surface area contributed by atoms with Crippen LogP contribution in [0.1, 0.15) is 79.6 Å². The average molecular weight is 640 g/mol. The Morgan fingerprint density at radius 1 is 0.804 bits per heavy atom. The molecule has 0 aliphatic rings. The van der Waals surface area contributed by atoms with Gasteiger partial charge in [0, 0.05) is 30.8 Å². The van der Waals surface area contributed by atoms with Gasteiger partial charge in [-0.25, -0.2) is 17.9 Å². The number of carbonyl (C=O) groups is 2. The van der Waals surface area contributed by atoms with Crippen molar-refractivity contribution < 1.29 is 18.0 Å². The number of hydrogen-bond donors (Lipinski definition) is 2. The first-order valence-corrected chi connectivity index (χ1v) is 17.3. The molecule has 8 heteroatoms. The van der Waals surface area contributed by atoms with Gasteiger partial charge < -0.3 is 10.2 Å². The molecule has 7 nitrogen and oxygen atoms in total. The Morgan fingerprint density at radius 3 is 2.15 bits per heavy atom. The van der Waals surface area contributed by atoms with Crippen molar-refractivity contribution in [3.63, 3.8) is 0 Å². The van der Waals surface area contributed by atoms with Crippen LogP contribution < -0.4 is 10.0 Å². The van der Waals surface area contributed by atoms with Crippen molar-refractivity contribution >= 4 is 22.0 Å². The van der Waals surface area contributed by atoms with E-state index in [1.165, 1.54) is 6.07 Å². The molecule has 0 spiro atoms. The minimum absolute atomic E-state index is 0.0131. The van der Waals surface area contributed by atoms with Crippen LogP contribution in [0.2, 0.25) is 0 Å². The van der Waals surface area contributed by atoms with Gasteiger partial charge >= 0.3 is 6.03 Å².